The van der Waals surface area contributed by atoms with Crippen molar-refractivity contribution < 1.29 is 9.53 Å². The summed E-state index contributed by atoms with van der Waals surface area (Å²) in [5, 5.41) is 0. The van der Waals surface area contributed by atoms with Crippen LogP contribution in [0.2, 0.25) is 0 Å². The van der Waals surface area contributed by atoms with Gasteiger partial charge in [-0.3, -0.25) is 4.79 Å². The Hall–Kier alpha value is -1.55. The summed E-state index contributed by atoms with van der Waals surface area (Å²) in [4.78, 5) is 14.4. The second-order valence-electron chi connectivity index (χ2n) is 5.46. The maximum Gasteiger partial charge on any atom is 0.253 e. The van der Waals surface area contributed by atoms with Crippen molar-refractivity contribution >= 4 is 11.6 Å². The van der Waals surface area contributed by atoms with Crippen LogP contribution in [0.5, 0.6) is 0 Å². The maximum atomic E-state index is 12.5. The van der Waals surface area contributed by atoms with Gasteiger partial charge < -0.3 is 15.4 Å². The number of hydrogen-bond donors (Lipinski definition) is 1. The first-order chi connectivity index (χ1) is 9.61. The quantitative estimate of drug-likeness (QED) is 0.860. The van der Waals surface area contributed by atoms with Crippen molar-refractivity contribution in [1.29, 1.82) is 0 Å². The lowest BCUT2D eigenvalue weighted by atomic mass is 10.0. The van der Waals surface area contributed by atoms with Crippen LogP contribution in [0.25, 0.3) is 0 Å². The Balaban J connectivity index is 2.02. The van der Waals surface area contributed by atoms with E-state index >= 15 is 0 Å². The molecule has 1 aliphatic rings. The zero-order valence-electron chi connectivity index (χ0n) is 12.4. The molecule has 4 nitrogen and oxygen atoms in total. The van der Waals surface area contributed by atoms with Crippen molar-refractivity contribution in [3.05, 3.63) is 29.3 Å². The number of nitrogens with zero attached hydrogens (tertiary/aromatic N) is 1. The number of piperidine rings is 1. The molecule has 4 heteroatoms. The molecule has 1 unspecified atom stereocenters. The molecule has 1 heterocycles. The maximum absolute atomic E-state index is 12.5. The molecule has 0 saturated carbocycles. The van der Waals surface area contributed by atoms with Crippen molar-refractivity contribution in [2.45, 2.75) is 39.2 Å². The van der Waals surface area contributed by atoms with Crippen LogP contribution >= 0.6 is 0 Å². The molecule has 1 aliphatic heterocycles. The van der Waals surface area contributed by atoms with Gasteiger partial charge in [0.05, 0.1) is 6.10 Å². The minimum absolute atomic E-state index is 0.0814. The zero-order valence-corrected chi connectivity index (χ0v) is 12.4. The van der Waals surface area contributed by atoms with Gasteiger partial charge in [0.2, 0.25) is 0 Å². The van der Waals surface area contributed by atoms with E-state index in [9.17, 15) is 4.79 Å². The Morgan fingerprint density at radius 3 is 3.00 bits per heavy atom. The van der Waals surface area contributed by atoms with E-state index in [0.717, 1.165) is 43.7 Å². The molecule has 2 N–H and O–H groups in total. The van der Waals surface area contributed by atoms with E-state index in [-0.39, 0.29) is 12.0 Å². The molecular weight excluding hydrogens is 252 g/mol. The van der Waals surface area contributed by atoms with E-state index in [0.29, 0.717) is 12.1 Å². The van der Waals surface area contributed by atoms with Crippen molar-refractivity contribution in [1.82, 2.24) is 4.90 Å². The second-order valence-corrected chi connectivity index (χ2v) is 5.46. The zero-order chi connectivity index (χ0) is 14.5. The van der Waals surface area contributed by atoms with Crippen LogP contribution in [0.3, 0.4) is 0 Å². The number of nitrogen functional groups attached to an aromatic ring is 1. The number of carbonyl (C=O) groups excluding carboxylic acids is 1. The molecule has 0 bridgehead atoms. The molecular formula is C16H24N2O2. The number of hydrogen-bond acceptors (Lipinski definition) is 3. The lowest BCUT2D eigenvalue weighted by molar-refractivity contribution is 0.00211. The van der Waals surface area contributed by atoms with E-state index in [1.807, 2.05) is 17.9 Å². The fourth-order valence-corrected chi connectivity index (χ4v) is 2.53. The summed E-state index contributed by atoms with van der Waals surface area (Å²) in [5.41, 5.74) is 8.19. The summed E-state index contributed by atoms with van der Waals surface area (Å²) in [6.45, 7) is 6.31. The summed E-state index contributed by atoms with van der Waals surface area (Å²) >= 11 is 0. The van der Waals surface area contributed by atoms with Crippen LogP contribution in [0.15, 0.2) is 18.2 Å². The van der Waals surface area contributed by atoms with Gasteiger partial charge in [0.15, 0.2) is 0 Å². The average Bonchev–Trinajstić information content (AvgIpc) is 2.47. The molecule has 1 amide bonds. The van der Waals surface area contributed by atoms with Crippen LogP contribution in [-0.4, -0.2) is 36.6 Å². The molecule has 1 atom stereocenters. The number of anilines is 1. The van der Waals surface area contributed by atoms with Crippen LogP contribution < -0.4 is 5.73 Å². The van der Waals surface area contributed by atoms with Gasteiger partial charge in [0.25, 0.3) is 5.91 Å². The van der Waals surface area contributed by atoms with E-state index in [4.69, 9.17) is 10.5 Å². The summed E-state index contributed by atoms with van der Waals surface area (Å²) < 4.78 is 5.78. The molecule has 0 radical (unpaired) electrons. The van der Waals surface area contributed by atoms with Gasteiger partial charge in [-0.1, -0.05) is 6.92 Å². The van der Waals surface area contributed by atoms with Crippen molar-refractivity contribution in [3.8, 4) is 0 Å². The summed E-state index contributed by atoms with van der Waals surface area (Å²) in [7, 11) is 0. The van der Waals surface area contributed by atoms with Crippen LogP contribution in [0, 0.1) is 6.92 Å². The second kappa shape index (κ2) is 6.75. The first-order valence-electron chi connectivity index (χ1n) is 7.38. The molecule has 0 aromatic heterocycles. The SMILES string of the molecule is CCCOC1CCCN(C(=O)c2ccc(N)c(C)c2)C1. The third kappa shape index (κ3) is 3.51. The number of benzene rings is 1. The van der Waals surface area contributed by atoms with Gasteiger partial charge >= 0.3 is 0 Å². The smallest absolute Gasteiger partial charge is 0.253 e. The van der Waals surface area contributed by atoms with Crippen LogP contribution in [0.4, 0.5) is 5.69 Å². The molecule has 0 aliphatic carbocycles. The number of amides is 1. The predicted molar refractivity (Wildman–Crippen MR) is 80.8 cm³/mol. The number of ether oxygens (including phenoxy) is 1. The molecule has 2 rings (SSSR count). The number of rotatable bonds is 4. The van der Waals surface area contributed by atoms with Crippen molar-refractivity contribution in [2.75, 3.05) is 25.4 Å². The molecule has 110 valence electrons. The first-order valence-corrected chi connectivity index (χ1v) is 7.38. The Morgan fingerprint density at radius 2 is 2.30 bits per heavy atom. The minimum Gasteiger partial charge on any atom is -0.399 e. The van der Waals surface area contributed by atoms with Gasteiger partial charge in [-0.15, -0.1) is 0 Å². The largest absolute Gasteiger partial charge is 0.399 e. The van der Waals surface area contributed by atoms with Crippen molar-refractivity contribution in [3.63, 3.8) is 0 Å². The molecule has 1 fully saturated rings. The normalized spacial score (nSPS) is 19.1. The third-order valence-electron chi connectivity index (χ3n) is 3.74. The standard InChI is InChI=1S/C16H24N2O2/c1-3-9-20-14-5-4-8-18(11-14)16(19)13-6-7-15(17)12(2)10-13/h6-7,10,14H,3-5,8-9,11,17H2,1-2H3. The first kappa shape index (κ1) is 14.9. The van der Waals surface area contributed by atoms with E-state index in [1.165, 1.54) is 0 Å². The molecule has 1 aromatic carbocycles. The highest BCUT2D eigenvalue weighted by Gasteiger charge is 2.24. The fourth-order valence-electron chi connectivity index (χ4n) is 2.53. The monoisotopic (exact) mass is 276 g/mol. The van der Waals surface area contributed by atoms with E-state index in [2.05, 4.69) is 6.92 Å². The third-order valence-corrected chi connectivity index (χ3v) is 3.74. The number of nitrogens with two attached hydrogens (primary N) is 1. The van der Waals surface area contributed by atoms with Crippen LogP contribution in [0.1, 0.15) is 42.1 Å². The van der Waals surface area contributed by atoms with Gasteiger partial charge in [-0.25, -0.2) is 0 Å². The van der Waals surface area contributed by atoms with Crippen LogP contribution in [-0.2, 0) is 4.74 Å². The highest BCUT2D eigenvalue weighted by molar-refractivity contribution is 5.95. The van der Waals surface area contributed by atoms with E-state index < -0.39 is 0 Å². The number of carbonyl (C=O) groups is 1. The molecule has 20 heavy (non-hydrogen) atoms. The fraction of sp³-hybridized carbons (Fsp3) is 0.562. The number of likely N-dealkylation sites (tertiary alicyclic amines) is 1. The highest BCUT2D eigenvalue weighted by Crippen LogP contribution is 2.19. The summed E-state index contributed by atoms with van der Waals surface area (Å²) in [5.74, 6) is 0.0814. The topological polar surface area (TPSA) is 55.6 Å². The van der Waals surface area contributed by atoms with Gasteiger partial charge in [-0.2, -0.15) is 0 Å². The Labute approximate surface area is 120 Å². The lowest BCUT2D eigenvalue weighted by Gasteiger charge is -2.32. The molecule has 0 spiro atoms. The Kier molecular flexibility index (Phi) is 5.01. The Morgan fingerprint density at radius 1 is 1.50 bits per heavy atom. The van der Waals surface area contributed by atoms with Crippen molar-refractivity contribution in [2.24, 2.45) is 0 Å². The van der Waals surface area contributed by atoms with E-state index in [1.54, 1.807) is 12.1 Å². The van der Waals surface area contributed by atoms with Gasteiger partial charge in [0, 0.05) is 30.9 Å². The van der Waals surface area contributed by atoms with Gasteiger partial charge in [-0.05, 0) is 49.9 Å². The minimum atomic E-state index is 0.0814. The highest BCUT2D eigenvalue weighted by atomic mass is 16.5. The molecule has 1 aromatic rings. The summed E-state index contributed by atoms with van der Waals surface area (Å²) in [6, 6.07) is 5.48. The number of aryl methyl sites for hydroxylation is 1. The molecule has 1 saturated heterocycles. The predicted octanol–water partition coefficient (Wildman–Crippen LogP) is 2.61. The summed E-state index contributed by atoms with van der Waals surface area (Å²) in [6.07, 6.45) is 3.25. The average molecular weight is 276 g/mol. The van der Waals surface area contributed by atoms with Gasteiger partial charge in [0.1, 0.15) is 0 Å². The Bertz CT molecular complexity index is 474. The lowest BCUT2D eigenvalue weighted by Crippen LogP contribution is -2.43.